The Bertz CT molecular complexity index is 734. The van der Waals surface area contributed by atoms with E-state index in [-0.39, 0.29) is 30.1 Å². The highest BCUT2D eigenvalue weighted by Gasteiger charge is 2.34. The number of nitrogens with zero attached hydrogens (tertiary/aromatic N) is 4. The van der Waals surface area contributed by atoms with Crippen LogP contribution in [0.15, 0.2) is 16.8 Å². The summed E-state index contributed by atoms with van der Waals surface area (Å²) in [6.07, 6.45) is 0.826. The van der Waals surface area contributed by atoms with Crippen LogP contribution in [-0.4, -0.2) is 31.9 Å². The molecule has 0 aliphatic heterocycles. The summed E-state index contributed by atoms with van der Waals surface area (Å²) in [5.74, 6) is 0.103. The van der Waals surface area contributed by atoms with Gasteiger partial charge in [0.05, 0.1) is 6.42 Å². The zero-order valence-corrected chi connectivity index (χ0v) is 13.6. The lowest BCUT2D eigenvalue weighted by Gasteiger charge is -2.10. The first-order valence-electron chi connectivity index (χ1n) is 8.07. The van der Waals surface area contributed by atoms with E-state index in [1.807, 2.05) is 0 Å². The highest BCUT2D eigenvalue weighted by molar-refractivity contribution is 5.78. The van der Waals surface area contributed by atoms with Crippen molar-refractivity contribution in [2.45, 2.75) is 57.3 Å². The maximum absolute atomic E-state index is 12.6. The van der Waals surface area contributed by atoms with Gasteiger partial charge in [-0.25, -0.2) is 0 Å². The average Bonchev–Trinajstić information content (AvgIpc) is 3.27. The van der Waals surface area contributed by atoms with E-state index in [4.69, 9.17) is 4.52 Å². The molecule has 1 unspecified atom stereocenters. The molecule has 1 aliphatic rings. The molecule has 2 heterocycles. The predicted molar refractivity (Wildman–Crippen MR) is 79.4 cm³/mol. The Morgan fingerprint density at radius 3 is 2.80 bits per heavy atom. The molecule has 0 bridgehead atoms. The molecule has 1 aliphatic carbocycles. The topological polar surface area (TPSA) is 85.8 Å². The van der Waals surface area contributed by atoms with Gasteiger partial charge in [-0.3, -0.25) is 9.48 Å². The van der Waals surface area contributed by atoms with Gasteiger partial charge in [0.25, 0.3) is 5.89 Å². The average molecular weight is 357 g/mol. The molecule has 7 nitrogen and oxygen atoms in total. The Morgan fingerprint density at radius 1 is 1.44 bits per heavy atom. The number of alkyl halides is 3. The van der Waals surface area contributed by atoms with Crippen LogP contribution >= 0.6 is 0 Å². The molecule has 136 valence electrons. The van der Waals surface area contributed by atoms with Crippen LogP contribution in [0, 0.1) is 0 Å². The van der Waals surface area contributed by atoms with Crippen molar-refractivity contribution in [3.05, 3.63) is 29.7 Å². The first kappa shape index (κ1) is 17.4. The smallest absolute Gasteiger partial charge is 0.353 e. The molecule has 25 heavy (non-hydrogen) atoms. The van der Waals surface area contributed by atoms with E-state index < -0.39 is 17.9 Å². The van der Waals surface area contributed by atoms with E-state index in [2.05, 4.69) is 20.6 Å². The van der Waals surface area contributed by atoms with E-state index in [9.17, 15) is 18.0 Å². The van der Waals surface area contributed by atoms with Crippen LogP contribution in [0.3, 0.4) is 0 Å². The quantitative estimate of drug-likeness (QED) is 0.889. The van der Waals surface area contributed by atoms with Crippen LogP contribution in [0.1, 0.15) is 56.1 Å². The van der Waals surface area contributed by atoms with Crippen molar-refractivity contribution in [3.8, 4) is 0 Å². The Hall–Kier alpha value is -2.39. The van der Waals surface area contributed by atoms with E-state index in [0.717, 1.165) is 36.4 Å². The number of nitrogens with one attached hydrogen (secondary N) is 1. The first-order valence-corrected chi connectivity index (χ1v) is 8.07. The number of halogens is 3. The summed E-state index contributed by atoms with van der Waals surface area (Å²) in [7, 11) is 0. The molecule has 1 atom stereocenters. The van der Waals surface area contributed by atoms with Gasteiger partial charge < -0.3 is 9.84 Å². The lowest BCUT2D eigenvalue weighted by atomic mass is 10.2. The molecule has 3 rings (SSSR count). The van der Waals surface area contributed by atoms with Crippen LogP contribution in [0.5, 0.6) is 0 Å². The monoisotopic (exact) mass is 357 g/mol. The van der Waals surface area contributed by atoms with Gasteiger partial charge in [0, 0.05) is 12.2 Å². The zero-order valence-electron chi connectivity index (χ0n) is 13.6. The van der Waals surface area contributed by atoms with Gasteiger partial charge in [-0.2, -0.15) is 23.3 Å². The van der Waals surface area contributed by atoms with Crippen molar-refractivity contribution in [3.63, 3.8) is 0 Å². The molecule has 1 amide bonds. The van der Waals surface area contributed by atoms with Gasteiger partial charge in [-0.05, 0) is 25.8 Å². The third kappa shape index (κ3) is 4.18. The largest absolute Gasteiger partial charge is 0.435 e. The standard InChI is InChI=1S/C15H18F3N5O2/c1-9(23-7-6-11(21-23)15(16,17)18)14-20-12(22-25-14)8-13(24)19-10-4-2-3-5-10/h6-7,9-10H,2-5,8H2,1H3,(H,19,24). The van der Waals surface area contributed by atoms with Crippen molar-refractivity contribution in [1.29, 1.82) is 0 Å². The first-order chi connectivity index (χ1) is 11.8. The van der Waals surface area contributed by atoms with Gasteiger partial charge in [-0.1, -0.05) is 18.0 Å². The summed E-state index contributed by atoms with van der Waals surface area (Å²) < 4.78 is 44.0. The molecule has 0 radical (unpaired) electrons. The number of hydrogen-bond acceptors (Lipinski definition) is 5. The third-order valence-electron chi connectivity index (χ3n) is 4.18. The summed E-state index contributed by atoms with van der Waals surface area (Å²) in [6, 6.07) is 0.404. The minimum Gasteiger partial charge on any atom is -0.353 e. The number of aromatic nitrogens is 4. The summed E-state index contributed by atoms with van der Waals surface area (Å²) >= 11 is 0. The van der Waals surface area contributed by atoms with Crippen LogP contribution in [0.4, 0.5) is 13.2 Å². The van der Waals surface area contributed by atoms with Crippen molar-refractivity contribution >= 4 is 5.91 Å². The lowest BCUT2D eigenvalue weighted by Crippen LogP contribution is -2.33. The van der Waals surface area contributed by atoms with Crippen LogP contribution < -0.4 is 5.32 Å². The number of amides is 1. The number of carbonyl (C=O) groups is 1. The van der Waals surface area contributed by atoms with Gasteiger partial charge in [0.1, 0.15) is 6.04 Å². The Labute approximate surface area is 141 Å². The maximum atomic E-state index is 12.6. The van der Waals surface area contributed by atoms with Gasteiger partial charge >= 0.3 is 6.18 Å². The van der Waals surface area contributed by atoms with E-state index in [1.54, 1.807) is 6.92 Å². The zero-order chi connectivity index (χ0) is 18.0. The Morgan fingerprint density at radius 2 is 2.16 bits per heavy atom. The van der Waals surface area contributed by atoms with Gasteiger partial charge in [0.2, 0.25) is 5.91 Å². The fourth-order valence-electron chi connectivity index (χ4n) is 2.82. The molecule has 0 spiro atoms. The Kier molecular flexibility index (Phi) is 4.78. The fourth-order valence-corrected chi connectivity index (χ4v) is 2.82. The molecule has 0 aromatic carbocycles. The van der Waals surface area contributed by atoms with Crippen molar-refractivity contribution < 1.29 is 22.5 Å². The van der Waals surface area contributed by atoms with Crippen LogP contribution in [-0.2, 0) is 17.4 Å². The summed E-state index contributed by atoms with van der Waals surface area (Å²) in [5.41, 5.74) is -0.991. The van der Waals surface area contributed by atoms with Crippen LogP contribution in [0.2, 0.25) is 0 Å². The highest BCUT2D eigenvalue weighted by atomic mass is 19.4. The molecule has 1 saturated carbocycles. The number of rotatable bonds is 5. The SMILES string of the molecule is CC(c1nc(CC(=O)NC2CCCC2)no1)n1ccc(C(F)(F)F)n1. The van der Waals surface area contributed by atoms with Crippen molar-refractivity contribution in [1.82, 2.24) is 25.2 Å². The summed E-state index contributed by atoms with van der Waals surface area (Å²) in [6.45, 7) is 1.59. The van der Waals surface area contributed by atoms with Crippen molar-refractivity contribution in [2.75, 3.05) is 0 Å². The maximum Gasteiger partial charge on any atom is 0.435 e. The minimum atomic E-state index is -4.51. The molecular weight excluding hydrogens is 339 g/mol. The third-order valence-corrected chi connectivity index (χ3v) is 4.18. The molecule has 2 aromatic heterocycles. The molecule has 2 aromatic rings. The second-order valence-corrected chi connectivity index (χ2v) is 6.13. The molecule has 1 fully saturated rings. The number of carbonyl (C=O) groups excluding carboxylic acids is 1. The molecule has 0 saturated heterocycles. The molecule has 1 N–H and O–H groups in total. The lowest BCUT2D eigenvalue weighted by molar-refractivity contribution is -0.141. The predicted octanol–water partition coefficient (Wildman–Crippen LogP) is 2.50. The molecular formula is C15H18F3N5O2. The normalized spacial score (nSPS) is 17.0. The molecule has 10 heteroatoms. The van der Waals surface area contributed by atoms with Crippen LogP contribution in [0.25, 0.3) is 0 Å². The fraction of sp³-hybridized carbons (Fsp3) is 0.600. The second kappa shape index (κ2) is 6.85. The second-order valence-electron chi connectivity index (χ2n) is 6.13. The van der Waals surface area contributed by atoms with Crippen molar-refractivity contribution in [2.24, 2.45) is 0 Å². The Balaban J connectivity index is 1.62. The summed E-state index contributed by atoms with van der Waals surface area (Å²) in [4.78, 5) is 16.0. The van der Waals surface area contributed by atoms with E-state index >= 15 is 0 Å². The van der Waals surface area contributed by atoms with E-state index in [0.29, 0.717) is 0 Å². The number of hydrogen-bond donors (Lipinski definition) is 1. The minimum absolute atomic E-state index is 0.0281. The van der Waals surface area contributed by atoms with Gasteiger partial charge in [-0.15, -0.1) is 0 Å². The summed E-state index contributed by atoms with van der Waals surface area (Å²) in [5, 5.41) is 10.1. The highest BCUT2D eigenvalue weighted by Crippen LogP contribution is 2.28. The van der Waals surface area contributed by atoms with E-state index in [1.165, 1.54) is 6.20 Å². The van der Waals surface area contributed by atoms with Gasteiger partial charge in [0.15, 0.2) is 11.5 Å².